The van der Waals surface area contributed by atoms with Gasteiger partial charge in [-0.1, -0.05) is 80.6 Å². The first-order valence-corrected chi connectivity index (χ1v) is 15.9. The summed E-state index contributed by atoms with van der Waals surface area (Å²) in [6, 6.07) is 24.6. The minimum Gasteiger partial charge on any atom is -0.483 e. The van der Waals surface area contributed by atoms with E-state index in [4.69, 9.17) is 4.74 Å². The third kappa shape index (κ3) is 8.18. The van der Waals surface area contributed by atoms with Crippen molar-refractivity contribution < 1.29 is 17.9 Å². The number of hydrogen-bond donors (Lipinski definition) is 1. The normalized spacial score (nSPS) is 17.2. The van der Waals surface area contributed by atoms with Crippen LogP contribution in [-0.2, 0) is 21.4 Å². The minimum absolute atomic E-state index is 0.0504. The molecule has 3 aromatic rings. The number of carbonyl (C=O) groups is 1. The number of amides is 1. The molecule has 0 unspecified atom stereocenters. The Balaban J connectivity index is 1.52. The van der Waals surface area contributed by atoms with Gasteiger partial charge in [-0.25, -0.2) is 8.42 Å². The van der Waals surface area contributed by atoms with Gasteiger partial charge in [0.05, 0.1) is 4.90 Å². The van der Waals surface area contributed by atoms with Gasteiger partial charge in [0.25, 0.3) is 5.91 Å². The molecule has 8 heteroatoms. The van der Waals surface area contributed by atoms with Crippen molar-refractivity contribution in [3.05, 3.63) is 95.6 Å². The predicted molar refractivity (Wildman–Crippen MR) is 163 cm³/mol. The van der Waals surface area contributed by atoms with Gasteiger partial charge >= 0.3 is 0 Å². The standard InChI is InChI=1S/C33H43N3O4S/c1-25(2)20-36(41(38,39)31-16-9-6-10-17-31)23-30-19-34-18-29(30)22-35(21-28-14-7-5-8-15-28)32(37)24-40-33-26(3)12-11-13-27(33)4/h5-17,25,29-30,34H,18-24H2,1-4H3/t29-,30-/m1/s1. The van der Waals surface area contributed by atoms with Gasteiger partial charge in [-0.15, -0.1) is 0 Å². The van der Waals surface area contributed by atoms with E-state index in [0.29, 0.717) is 37.6 Å². The van der Waals surface area contributed by atoms with Crippen molar-refractivity contribution in [2.45, 2.75) is 39.1 Å². The van der Waals surface area contributed by atoms with Gasteiger partial charge in [0, 0.05) is 32.7 Å². The van der Waals surface area contributed by atoms with Crippen molar-refractivity contribution in [1.29, 1.82) is 0 Å². The summed E-state index contributed by atoms with van der Waals surface area (Å²) in [7, 11) is -3.64. The molecule has 1 fully saturated rings. The maximum atomic E-state index is 13.6. The van der Waals surface area contributed by atoms with Gasteiger partial charge in [-0.2, -0.15) is 4.31 Å². The summed E-state index contributed by atoms with van der Waals surface area (Å²) in [6.07, 6.45) is 0. The molecular formula is C33H43N3O4S. The molecule has 7 nitrogen and oxygen atoms in total. The van der Waals surface area contributed by atoms with Crippen LogP contribution < -0.4 is 10.1 Å². The molecule has 1 N–H and O–H groups in total. The molecule has 4 rings (SSSR count). The van der Waals surface area contributed by atoms with Gasteiger partial charge in [0.1, 0.15) is 5.75 Å². The van der Waals surface area contributed by atoms with Crippen molar-refractivity contribution in [2.75, 3.05) is 39.3 Å². The minimum atomic E-state index is -3.64. The molecule has 1 aliphatic heterocycles. The van der Waals surface area contributed by atoms with Crippen LogP contribution in [0.1, 0.15) is 30.5 Å². The monoisotopic (exact) mass is 577 g/mol. The summed E-state index contributed by atoms with van der Waals surface area (Å²) >= 11 is 0. The summed E-state index contributed by atoms with van der Waals surface area (Å²) < 4.78 is 34.9. The molecule has 0 aliphatic carbocycles. The zero-order chi connectivity index (χ0) is 29.4. The van der Waals surface area contributed by atoms with Crippen LogP contribution in [0.5, 0.6) is 5.75 Å². The van der Waals surface area contributed by atoms with Crippen LogP contribution in [0.2, 0.25) is 0 Å². The molecule has 1 heterocycles. The summed E-state index contributed by atoms with van der Waals surface area (Å²) in [5, 5.41) is 3.46. The van der Waals surface area contributed by atoms with E-state index in [1.165, 1.54) is 0 Å². The fourth-order valence-electron chi connectivity index (χ4n) is 5.49. The summed E-state index contributed by atoms with van der Waals surface area (Å²) in [4.78, 5) is 15.8. The van der Waals surface area contributed by atoms with Crippen LogP contribution in [0.4, 0.5) is 0 Å². The highest BCUT2D eigenvalue weighted by Crippen LogP contribution is 2.26. The number of nitrogens with zero attached hydrogens (tertiary/aromatic N) is 2. The van der Waals surface area contributed by atoms with Crippen LogP contribution in [0, 0.1) is 31.6 Å². The molecule has 0 radical (unpaired) electrons. The zero-order valence-electron chi connectivity index (χ0n) is 24.6. The Morgan fingerprint density at radius 1 is 0.878 bits per heavy atom. The largest absolute Gasteiger partial charge is 0.483 e. The lowest BCUT2D eigenvalue weighted by atomic mass is 9.94. The molecule has 0 spiro atoms. The molecule has 220 valence electrons. The van der Waals surface area contributed by atoms with Gasteiger partial charge in [-0.05, 0) is 67.0 Å². The van der Waals surface area contributed by atoms with Gasteiger partial charge in [-0.3, -0.25) is 4.79 Å². The van der Waals surface area contributed by atoms with Crippen LogP contribution in [0.3, 0.4) is 0 Å². The summed E-state index contributed by atoms with van der Waals surface area (Å²) in [6.45, 7) is 11.2. The third-order valence-corrected chi connectivity index (χ3v) is 9.49. The highest BCUT2D eigenvalue weighted by molar-refractivity contribution is 7.89. The second-order valence-corrected chi connectivity index (χ2v) is 13.4. The van der Waals surface area contributed by atoms with E-state index in [2.05, 4.69) is 5.32 Å². The lowest BCUT2D eigenvalue weighted by Gasteiger charge is -2.32. The molecular weight excluding hydrogens is 534 g/mol. The number of sulfonamides is 1. The number of rotatable bonds is 13. The van der Waals surface area contributed by atoms with Crippen LogP contribution in [0.15, 0.2) is 83.8 Å². The topological polar surface area (TPSA) is 79.0 Å². The second-order valence-electron chi connectivity index (χ2n) is 11.5. The van der Waals surface area contributed by atoms with Crippen molar-refractivity contribution in [1.82, 2.24) is 14.5 Å². The average molecular weight is 578 g/mol. The number of aryl methyl sites for hydroxylation is 2. The van der Waals surface area contributed by atoms with Crippen molar-refractivity contribution in [3.8, 4) is 5.75 Å². The molecule has 3 aromatic carbocycles. The van der Waals surface area contributed by atoms with E-state index in [-0.39, 0.29) is 30.3 Å². The lowest BCUT2D eigenvalue weighted by Crippen LogP contribution is -2.43. The highest BCUT2D eigenvalue weighted by atomic mass is 32.2. The first-order valence-electron chi connectivity index (χ1n) is 14.4. The molecule has 2 atom stereocenters. The van der Waals surface area contributed by atoms with Crippen LogP contribution >= 0.6 is 0 Å². The van der Waals surface area contributed by atoms with Crippen molar-refractivity contribution >= 4 is 15.9 Å². The maximum absolute atomic E-state index is 13.6. The molecule has 41 heavy (non-hydrogen) atoms. The lowest BCUT2D eigenvalue weighted by molar-refractivity contribution is -0.134. The van der Waals surface area contributed by atoms with E-state index in [0.717, 1.165) is 29.0 Å². The Morgan fingerprint density at radius 2 is 1.46 bits per heavy atom. The fraction of sp³-hybridized carbons (Fsp3) is 0.424. The third-order valence-electron chi connectivity index (χ3n) is 7.64. The predicted octanol–water partition coefficient (Wildman–Crippen LogP) is 4.89. The van der Waals surface area contributed by atoms with E-state index in [1.54, 1.807) is 28.6 Å². The molecule has 1 aliphatic rings. The first kappa shape index (κ1) is 30.8. The first-order chi connectivity index (χ1) is 19.6. The van der Waals surface area contributed by atoms with Crippen molar-refractivity contribution in [2.24, 2.45) is 17.8 Å². The Labute approximate surface area is 245 Å². The molecule has 0 aromatic heterocycles. The van der Waals surface area contributed by atoms with E-state index >= 15 is 0 Å². The Morgan fingerprint density at radius 3 is 2.07 bits per heavy atom. The average Bonchev–Trinajstić information content (AvgIpc) is 3.39. The summed E-state index contributed by atoms with van der Waals surface area (Å²) in [5.41, 5.74) is 3.04. The van der Waals surface area contributed by atoms with Crippen LogP contribution in [0.25, 0.3) is 0 Å². The Hall–Kier alpha value is -3.20. The van der Waals surface area contributed by atoms with E-state index in [1.807, 2.05) is 87.2 Å². The number of para-hydroxylation sites is 1. The maximum Gasteiger partial charge on any atom is 0.260 e. The second kappa shape index (κ2) is 14.1. The van der Waals surface area contributed by atoms with Crippen LogP contribution in [-0.4, -0.2) is 62.9 Å². The molecule has 0 saturated carbocycles. The SMILES string of the molecule is Cc1cccc(C)c1OCC(=O)N(Cc1ccccc1)C[C@H]1CNC[C@@H]1CN(CC(C)C)S(=O)(=O)c1ccccc1. The Bertz CT molecular complexity index is 1360. The number of benzene rings is 3. The number of ether oxygens (including phenoxy) is 1. The van der Waals surface area contributed by atoms with E-state index < -0.39 is 10.0 Å². The van der Waals surface area contributed by atoms with Gasteiger partial charge < -0.3 is 15.0 Å². The molecule has 1 amide bonds. The smallest absolute Gasteiger partial charge is 0.260 e. The van der Waals surface area contributed by atoms with E-state index in [9.17, 15) is 13.2 Å². The Kier molecular flexibility index (Phi) is 10.6. The quantitative estimate of drug-likeness (QED) is 0.313. The highest BCUT2D eigenvalue weighted by Gasteiger charge is 2.35. The van der Waals surface area contributed by atoms with Gasteiger partial charge in [0.2, 0.25) is 10.0 Å². The molecule has 1 saturated heterocycles. The summed E-state index contributed by atoms with van der Waals surface area (Å²) in [5.74, 6) is 1.01. The fourth-order valence-corrected chi connectivity index (χ4v) is 7.17. The number of hydrogen-bond acceptors (Lipinski definition) is 5. The van der Waals surface area contributed by atoms with Crippen molar-refractivity contribution in [3.63, 3.8) is 0 Å². The zero-order valence-corrected chi connectivity index (χ0v) is 25.4. The molecule has 0 bridgehead atoms. The number of carbonyl (C=O) groups excluding carboxylic acids is 1. The van der Waals surface area contributed by atoms with Gasteiger partial charge in [0.15, 0.2) is 6.61 Å². The number of nitrogens with one attached hydrogen (secondary N) is 1.